The molecule has 1 atom stereocenters. The number of nitrogens with zero attached hydrogens (tertiary/aromatic N) is 3. The van der Waals surface area contributed by atoms with Gasteiger partial charge in [0, 0.05) is 29.0 Å². The lowest BCUT2D eigenvalue weighted by Gasteiger charge is -2.08. The number of hydrogen-bond acceptors (Lipinski definition) is 3. The molecule has 2 heterocycles. The molecule has 0 bridgehead atoms. The SMILES string of the molecule is NC(Cc1ccc(Br)cn1)c1ccn(-c2ccccc2)n1. The van der Waals surface area contributed by atoms with E-state index < -0.39 is 0 Å². The molecule has 0 spiro atoms. The van der Waals surface area contributed by atoms with Crippen molar-refractivity contribution in [2.75, 3.05) is 0 Å². The molecule has 3 aromatic rings. The number of pyridine rings is 1. The first kappa shape index (κ1) is 14.0. The summed E-state index contributed by atoms with van der Waals surface area (Å²) in [7, 11) is 0. The van der Waals surface area contributed by atoms with Gasteiger partial charge in [0.25, 0.3) is 0 Å². The van der Waals surface area contributed by atoms with Crippen molar-refractivity contribution in [2.45, 2.75) is 12.5 Å². The topological polar surface area (TPSA) is 56.7 Å². The van der Waals surface area contributed by atoms with Crippen molar-refractivity contribution in [1.29, 1.82) is 0 Å². The zero-order valence-electron chi connectivity index (χ0n) is 11.4. The summed E-state index contributed by atoms with van der Waals surface area (Å²) in [5, 5.41) is 4.55. The molecule has 0 aliphatic carbocycles. The molecule has 0 saturated carbocycles. The molecule has 0 amide bonds. The molecule has 1 unspecified atom stereocenters. The monoisotopic (exact) mass is 342 g/mol. The van der Waals surface area contributed by atoms with E-state index in [-0.39, 0.29) is 6.04 Å². The van der Waals surface area contributed by atoms with E-state index in [0.717, 1.165) is 21.5 Å². The Morgan fingerprint density at radius 1 is 1.10 bits per heavy atom. The summed E-state index contributed by atoms with van der Waals surface area (Å²) in [6, 6.07) is 15.7. The van der Waals surface area contributed by atoms with Crippen LogP contribution in [0.15, 0.2) is 65.4 Å². The minimum Gasteiger partial charge on any atom is -0.322 e. The Kier molecular flexibility index (Phi) is 4.13. The van der Waals surface area contributed by atoms with Crippen molar-refractivity contribution in [3.63, 3.8) is 0 Å². The molecule has 2 N–H and O–H groups in total. The Morgan fingerprint density at radius 2 is 1.90 bits per heavy atom. The Balaban J connectivity index is 1.75. The van der Waals surface area contributed by atoms with Gasteiger partial charge in [-0.3, -0.25) is 4.98 Å². The van der Waals surface area contributed by atoms with Crippen molar-refractivity contribution >= 4 is 15.9 Å². The second-order valence-corrected chi connectivity index (χ2v) is 5.71. The molecule has 0 aliphatic rings. The lowest BCUT2D eigenvalue weighted by Crippen LogP contribution is -2.15. The summed E-state index contributed by atoms with van der Waals surface area (Å²) in [4.78, 5) is 4.35. The summed E-state index contributed by atoms with van der Waals surface area (Å²) in [5.41, 5.74) is 9.08. The van der Waals surface area contributed by atoms with Crippen LogP contribution in [0.3, 0.4) is 0 Å². The van der Waals surface area contributed by atoms with Crippen LogP contribution < -0.4 is 5.73 Å². The maximum Gasteiger partial charge on any atom is 0.0800 e. The van der Waals surface area contributed by atoms with Gasteiger partial charge in [-0.1, -0.05) is 18.2 Å². The highest BCUT2D eigenvalue weighted by Crippen LogP contribution is 2.16. The lowest BCUT2D eigenvalue weighted by molar-refractivity contribution is 0.667. The van der Waals surface area contributed by atoms with E-state index in [2.05, 4.69) is 26.0 Å². The van der Waals surface area contributed by atoms with Gasteiger partial charge in [0.05, 0.1) is 17.4 Å². The van der Waals surface area contributed by atoms with Crippen molar-refractivity contribution in [2.24, 2.45) is 5.73 Å². The highest BCUT2D eigenvalue weighted by molar-refractivity contribution is 9.10. The summed E-state index contributed by atoms with van der Waals surface area (Å²) in [6.45, 7) is 0. The van der Waals surface area contributed by atoms with Gasteiger partial charge in [-0.05, 0) is 46.3 Å². The van der Waals surface area contributed by atoms with Crippen LogP contribution in [-0.4, -0.2) is 14.8 Å². The lowest BCUT2D eigenvalue weighted by atomic mass is 10.1. The first-order valence-corrected chi connectivity index (χ1v) is 7.49. The number of hydrogen-bond donors (Lipinski definition) is 1. The second kappa shape index (κ2) is 6.20. The summed E-state index contributed by atoms with van der Waals surface area (Å²) in [6.07, 6.45) is 4.38. The van der Waals surface area contributed by atoms with Crippen LogP contribution in [0.1, 0.15) is 17.4 Å². The third-order valence-corrected chi connectivity index (χ3v) is 3.70. The third-order valence-electron chi connectivity index (χ3n) is 3.23. The number of rotatable bonds is 4. The van der Waals surface area contributed by atoms with Crippen LogP contribution in [0.25, 0.3) is 5.69 Å². The Hall–Kier alpha value is -1.98. The number of halogens is 1. The van der Waals surface area contributed by atoms with E-state index >= 15 is 0 Å². The molecule has 1 aromatic carbocycles. The van der Waals surface area contributed by atoms with Gasteiger partial charge in [0.1, 0.15) is 0 Å². The van der Waals surface area contributed by atoms with Crippen LogP contribution in [0.4, 0.5) is 0 Å². The van der Waals surface area contributed by atoms with Gasteiger partial charge in [0.15, 0.2) is 0 Å². The highest BCUT2D eigenvalue weighted by Gasteiger charge is 2.11. The fourth-order valence-electron chi connectivity index (χ4n) is 2.12. The van der Waals surface area contributed by atoms with Crippen molar-refractivity contribution in [3.8, 4) is 5.69 Å². The van der Waals surface area contributed by atoms with E-state index in [9.17, 15) is 0 Å². The van der Waals surface area contributed by atoms with Crippen LogP contribution in [0.5, 0.6) is 0 Å². The molecule has 3 rings (SSSR count). The zero-order valence-corrected chi connectivity index (χ0v) is 12.9. The van der Waals surface area contributed by atoms with Gasteiger partial charge in [-0.25, -0.2) is 4.68 Å². The molecule has 4 nitrogen and oxygen atoms in total. The maximum atomic E-state index is 6.23. The van der Waals surface area contributed by atoms with E-state index in [1.54, 1.807) is 6.20 Å². The van der Waals surface area contributed by atoms with Gasteiger partial charge in [-0.2, -0.15) is 5.10 Å². The van der Waals surface area contributed by atoms with Crippen LogP contribution >= 0.6 is 15.9 Å². The smallest absolute Gasteiger partial charge is 0.0800 e. The Morgan fingerprint density at radius 3 is 2.62 bits per heavy atom. The predicted molar refractivity (Wildman–Crippen MR) is 86.1 cm³/mol. The van der Waals surface area contributed by atoms with Gasteiger partial charge >= 0.3 is 0 Å². The van der Waals surface area contributed by atoms with E-state index in [0.29, 0.717) is 6.42 Å². The van der Waals surface area contributed by atoms with Gasteiger partial charge in [0.2, 0.25) is 0 Å². The molecule has 5 heteroatoms. The number of nitrogens with two attached hydrogens (primary N) is 1. The van der Waals surface area contributed by atoms with Gasteiger partial charge in [-0.15, -0.1) is 0 Å². The van der Waals surface area contributed by atoms with E-state index in [4.69, 9.17) is 5.73 Å². The summed E-state index contributed by atoms with van der Waals surface area (Å²) < 4.78 is 2.80. The molecule has 21 heavy (non-hydrogen) atoms. The molecule has 2 aromatic heterocycles. The predicted octanol–water partition coefficient (Wildman–Crippen LogP) is 3.27. The minimum absolute atomic E-state index is 0.163. The van der Waals surface area contributed by atoms with Crippen LogP contribution in [0.2, 0.25) is 0 Å². The van der Waals surface area contributed by atoms with Crippen molar-refractivity contribution < 1.29 is 0 Å². The standard InChI is InChI=1S/C16H15BrN4/c17-12-6-7-13(19-11-12)10-15(18)16-8-9-21(20-16)14-4-2-1-3-5-14/h1-9,11,15H,10,18H2. The number of benzene rings is 1. The molecule has 0 aliphatic heterocycles. The molecule has 0 radical (unpaired) electrons. The quantitative estimate of drug-likeness (QED) is 0.791. The number of aromatic nitrogens is 3. The Labute approximate surface area is 131 Å². The number of para-hydroxylation sites is 1. The molecule has 0 saturated heterocycles. The minimum atomic E-state index is -0.163. The molecule has 0 fully saturated rings. The Bertz CT molecular complexity index is 707. The second-order valence-electron chi connectivity index (χ2n) is 4.80. The fraction of sp³-hybridized carbons (Fsp3) is 0.125. The van der Waals surface area contributed by atoms with Crippen molar-refractivity contribution in [1.82, 2.24) is 14.8 Å². The van der Waals surface area contributed by atoms with Gasteiger partial charge < -0.3 is 5.73 Å². The average molecular weight is 343 g/mol. The fourth-order valence-corrected chi connectivity index (χ4v) is 2.35. The molecular formula is C16H15BrN4. The third kappa shape index (κ3) is 3.37. The van der Waals surface area contributed by atoms with Crippen LogP contribution in [0, 0.1) is 0 Å². The first-order valence-electron chi connectivity index (χ1n) is 6.69. The largest absolute Gasteiger partial charge is 0.322 e. The molecular weight excluding hydrogens is 328 g/mol. The van der Waals surface area contributed by atoms with Crippen LogP contribution in [-0.2, 0) is 6.42 Å². The summed E-state index contributed by atoms with van der Waals surface area (Å²) >= 11 is 3.38. The zero-order chi connectivity index (χ0) is 14.7. The van der Waals surface area contributed by atoms with E-state index in [1.807, 2.05) is 59.4 Å². The normalized spacial score (nSPS) is 12.3. The average Bonchev–Trinajstić information content (AvgIpc) is 3.00. The van der Waals surface area contributed by atoms with E-state index in [1.165, 1.54) is 0 Å². The van der Waals surface area contributed by atoms with Crippen molar-refractivity contribution in [3.05, 3.63) is 76.8 Å². The summed E-state index contributed by atoms with van der Waals surface area (Å²) in [5.74, 6) is 0. The molecule has 106 valence electrons. The highest BCUT2D eigenvalue weighted by atomic mass is 79.9. The maximum absolute atomic E-state index is 6.23. The first-order chi connectivity index (χ1) is 10.2.